The van der Waals surface area contributed by atoms with E-state index in [-0.39, 0.29) is 61.1 Å². The highest BCUT2D eigenvalue weighted by Crippen LogP contribution is 2.57. The number of carbonyl (C=O) groups is 4. The van der Waals surface area contributed by atoms with Crippen LogP contribution in [0.5, 0.6) is 5.75 Å². The number of fused-ring (bicyclic) bond motifs is 4. The number of aromatic nitrogens is 1. The number of nitrogens with one attached hydrogen (secondary N) is 1. The van der Waals surface area contributed by atoms with Gasteiger partial charge in [0.25, 0.3) is 5.91 Å². The molecule has 0 bridgehead atoms. The van der Waals surface area contributed by atoms with Gasteiger partial charge in [-0.3, -0.25) is 29.0 Å². The number of Topliss-reactive ketones (excluding diaryl/α,β-unsaturated/α-hetero) is 2. The summed E-state index contributed by atoms with van der Waals surface area (Å²) in [5, 5.41) is 81.5. The van der Waals surface area contributed by atoms with E-state index in [2.05, 4.69) is 5.32 Å². The van der Waals surface area contributed by atoms with E-state index in [4.69, 9.17) is 0 Å². The smallest absolute Gasteiger partial charge is 0.341 e. The second-order valence-corrected chi connectivity index (χ2v) is 16.1. The number of aromatic hydroxyl groups is 1. The monoisotopic (exact) mass is 803 g/mol. The number of carboxylic acid groups (broad SMARTS) is 1. The molecule has 6 atom stereocenters. The second kappa shape index (κ2) is 13.5. The zero-order valence-corrected chi connectivity index (χ0v) is 31.6. The van der Waals surface area contributed by atoms with Crippen LogP contribution < -0.4 is 15.6 Å². The number of likely N-dealkylation sites (N-methyl/N-ethyl adjacent to an activating group) is 1. The lowest BCUT2D eigenvalue weighted by molar-refractivity contribution is -0.181. The summed E-state index contributed by atoms with van der Waals surface area (Å²) in [6, 6.07) is 4.96. The van der Waals surface area contributed by atoms with Crippen molar-refractivity contribution in [2.45, 2.75) is 49.2 Å². The molecule has 1 aromatic heterocycles. The Bertz CT molecular complexity index is 2460. The summed E-state index contributed by atoms with van der Waals surface area (Å²) < 4.78 is 17.2. The molecular weight excluding hydrogens is 761 g/mol. The first-order valence-corrected chi connectivity index (χ1v) is 18.8. The highest BCUT2D eigenvalue weighted by molar-refractivity contribution is 6.25. The number of nitrogens with zero attached hydrogens (tertiary/aromatic N) is 4. The van der Waals surface area contributed by atoms with Gasteiger partial charge in [0, 0.05) is 43.8 Å². The van der Waals surface area contributed by atoms with Gasteiger partial charge in [-0.25, -0.2) is 9.18 Å². The molecule has 1 aliphatic heterocycles. The summed E-state index contributed by atoms with van der Waals surface area (Å²) in [6.45, 7) is 2.11. The third-order valence-electron chi connectivity index (χ3n) is 12.5. The molecule has 2 aromatic carbocycles. The Hall–Kier alpha value is -5.66. The summed E-state index contributed by atoms with van der Waals surface area (Å²) in [6.07, 6.45) is 0.912. The molecule has 0 radical (unpaired) electrons. The van der Waals surface area contributed by atoms with Crippen LogP contribution in [0.1, 0.15) is 47.3 Å². The number of aromatic carboxylic acids is 1. The zero-order chi connectivity index (χ0) is 41.9. The number of anilines is 1. The molecule has 58 heavy (non-hydrogen) atoms. The van der Waals surface area contributed by atoms with Crippen LogP contribution in [-0.4, -0.2) is 138 Å². The van der Waals surface area contributed by atoms with Crippen molar-refractivity contribution in [1.82, 2.24) is 19.7 Å². The first-order chi connectivity index (χ1) is 27.3. The molecule has 1 saturated heterocycles. The van der Waals surface area contributed by atoms with Crippen LogP contribution in [0.3, 0.4) is 0 Å². The number of hydrogen-bond acceptors (Lipinski definition) is 14. The van der Waals surface area contributed by atoms with Crippen LogP contribution in [0.25, 0.3) is 16.7 Å². The van der Waals surface area contributed by atoms with Crippen LogP contribution in [-0.2, 0) is 20.0 Å². The van der Waals surface area contributed by atoms with Crippen LogP contribution in [0.2, 0.25) is 0 Å². The Morgan fingerprint density at radius 3 is 2.31 bits per heavy atom. The number of amides is 1. The van der Waals surface area contributed by atoms with Crippen molar-refractivity contribution < 1.29 is 59.3 Å². The van der Waals surface area contributed by atoms with Crippen molar-refractivity contribution in [1.29, 1.82) is 0 Å². The number of aliphatic hydroxyl groups excluding tert-OH is 3. The average Bonchev–Trinajstić information content (AvgIpc) is 4.01. The van der Waals surface area contributed by atoms with Crippen LogP contribution in [0.4, 0.5) is 10.1 Å². The maximum absolute atomic E-state index is 15.5. The third-order valence-corrected chi connectivity index (χ3v) is 12.5. The van der Waals surface area contributed by atoms with Gasteiger partial charge in [-0.2, -0.15) is 0 Å². The van der Waals surface area contributed by atoms with Gasteiger partial charge in [-0.15, -0.1) is 0 Å². The number of carboxylic acids is 1. The van der Waals surface area contributed by atoms with E-state index in [1.807, 2.05) is 0 Å². The standard InChI is InChI=1S/C40H42FN5O12/c1-39(57)20-5-4-6-24(47)25(20)32(49)26-28(39)34(51)29-30(43(2)3)33(50)27(36(53)40(29,58)35(26)52)37(54)42-16-44-9-11-45(12-10-44)23-14-22-18(13-21(23)41)31(48)19(38(55)56)15-46(22)17-7-8-17/h4-6,13-15,17,28-30,34,47,49,51,53,57-58H,7-12,16H2,1-3H3,(H,42,54)(H,55,56)/t28?,29?,30-,34-,39+,40-/m0/s1. The molecule has 306 valence electrons. The topological polar surface area (TPSA) is 254 Å². The SMILES string of the molecule is CN(C)[C@@H]1C(=O)C(C(=O)NCN2CCN(c3cc4c(cc3F)c(=O)c(C(=O)O)cn4C3CC3)CC2)=C(O)[C@@]2(O)C(=O)C3=C(O)c4c(O)cccc4[C@@](C)(O)C3[C@H](O)C12. The minimum Gasteiger partial charge on any atom is -0.508 e. The number of piperazine rings is 1. The van der Waals surface area contributed by atoms with Crippen LogP contribution in [0.15, 0.2) is 58.2 Å². The number of pyridine rings is 1. The molecule has 2 heterocycles. The molecule has 4 aliphatic carbocycles. The van der Waals surface area contributed by atoms with E-state index >= 15 is 4.39 Å². The van der Waals surface area contributed by atoms with Gasteiger partial charge in [0.1, 0.15) is 34.2 Å². The fraction of sp³-hybridized carbons (Fsp3) is 0.425. The predicted molar refractivity (Wildman–Crippen MR) is 202 cm³/mol. The lowest BCUT2D eigenvalue weighted by Gasteiger charge is -2.55. The minimum absolute atomic E-state index is 0.0109. The number of aliphatic hydroxyl groups is 5. The number of phenols is 1. The number of rotatable bonds is 7. The fourth-order valence-corrected chi connectivity index (χ4v) is 9.41. The van der Waals surface area contributed by atoms with Gasteiger partial charge in [0.05, 0.1) is 58.6 Å². The number of benzene rings is 2. The number of hydrogen-bond donors (Lipinski definition) is 8. The van der Waals surface area contributed by atoms with E-state index in [0.29, 0.717) is 5.52 Å². The van der Waals surface area contributed by atoms with Crippen molar-refractivity contribution in [2.24, 2.45) is 11.8 Å². The van der Waals surface area contributed by atoms with E-state index in [1.54, 1.807) is 14.4 Å². The second-order valence-electron chi connectivity index (χ2n) is 16.1. The molecule has 1 amide bonds. The van der Waals surface area contributed by atoms with Crippen molar-refractivity contribution >= 4 is 45.8 Å². The molecule has 2 saturated carbocycles. The number of phenolic OH excluding ortho intramolecular Hbond substituents is 1. The summed E-state index contributed by atoms with van der Waals surface area (Å²) in [7, 11) is 2.81. The van der Waals surface area contributed by atoms with Crippen molar-refractivity contribution in [3.05, 3.63) is 86.2 Å². The van der Waals surface area contributed by atoms with E-state index < -0.39 is 104 Å². The molecule has 18 heteroatoms. The van der Waals surface area contributed by atoms with E-state index in [0.717, 1.165) is 18.9 Å². The highest BCUT2D eigenvalue weighted by atomic mass is 19.1. The normalized spacial score (nSPS) is 28.8. The molecule has 5 aliphatic rings. The minimum atomic E-state index is -3.14. The van der Waals surface area contributed by atoms with Crippen LogP contribution in [0, 0.1) is 17.7 Å². The van der Waals surface area contributed by atoms with Gasteiger partial charge in [-0.1, -0.05) is 12.1 Å². The molecule has 3 aromatic rings. The van der Waals surface area contributed by atoms with Gasteiger partial charge in [-0.05, 0) is 57.6 Å². The average molecular weight is 804 g/mol. The third kappa shape index (κ3) is 5.57. The van der Waals surface area contributed by atoms with Crippen molar-refractivity contribution in [2.75, 3.05) is 51.8 Å². The maximum atomic E-state index is 15.5. The van der Waals surface area contributed by atoms with Crippen molar-refractivity contribution in [3.63, 3.8) is 0 Å². The first kappa shape index (κ1) is 39.2. The summed E-state index contributed by atoms with van der Waals surface area (Å²) in [4.78, 5) is 71.7. The van der Waals surface area contributed by atoms with E-state index in [1.165, 1.54) is 56.4 Å². The quantitative estimate of drug-likeness (QED) is 0.152. The molecular formula is C40H42FN5O12. The van der Waals surface area contributed by atoms with Gasteiger partial charge in [0.15, 0.2) is 11.4 Å². The Morgan fingerprint density at radius 2 is 1.69 bits per heavy atom. The zero-order valence-electron chi connectivity index (χ0n) is 31.6. The summed E-state index contributed by atoms with van der Waals surface area (Å²) in [5.74, 6) is -11.8. The summed E-state index contributed by atoms with van der Waals surface area (Å²) >= 11 is 0. The molecule has 3 fully saturated rings. The Balaban J connectivity index is 1.05. The molecule has 17 nitrogen and oxygen atoms in total. The summed E-state index contributed by atoms with van der Waals surface area (Å²) in [5.41, 5.74) is -7.87. The Morgan fingerprint density at radius 1 is 1.02 bits per heavy atom. The Kier molecular flexibility index (Phi) is 9.09. The maximum Gasteiger partial charge on any atom is 0.341 e. The molecule has 2 unspecified atom stereocenters. The molecule has 8 rings (SSSR count). The van der Waals surface area contributed by atoms with Crippen molar-refractivity contribution in [3.8, 4) is 5.75 Å². The van der Waals surface area contributed by atoms with Crippen LogP contribution >= 0.6 is 0 Å². The number of halogens is 1. The largest absolute Gasteiger partial charge is 0.508 e. The first-order valence-electron chi connectivity index (χ1n) is 18.8. The number of ketones is 2. The number of carbonyl (C=O) groups excluding carboxylic acids is 3. The van der Waals surface area contributed by atoms with Gasteiger partial charge in [0.2, 0.25) is 11.2 Å². The lowest BCUT2D eigenvalue weighted by atomic mass is 9.53. The fourth-order valence-electron chi connectivity index (χ4n) is 9.41. The van der Waals surface area contributed by atoms with Gasteiger partial charge < -0.3 is 50.5 Å². The molecule has 8 N–H and O–H groups in total. The van der Waals surface area contributed by atoms with E-state index in [9.17, 15) is 59.7 Å². The van der Waals surface area contributed by atoms with Gasteiger partial charge >= 0.3 is 5.97 Å². The Labute approximate surface area is 329 Å². The highest BCUT2D eigenvalue weighted by Gasteiger charge is 2.70. The predicted octanol–water partition coefficient (Wildman–Crippen LogP) is 0.498. The lowest BCUT2D eigenvalue weighted by Crippen LogP contribution is -2.72. The molecule has 0 spiro atoms.